The van der Waals surface area contributed by atoms with Crippen molar-refractivity contribution in [1.82, 2.24) is 0 Å². The average molecular weight is 360 g/mol. The van der Waals surface area contributed by atoms with Gasteiger partial charge in [0, 0.05) is 18.8 Å². The number of hydrogen-bond donors (Lipinski definition) is 1. The number of alkyl halides is 3. The molecule has 0 amide bonds. The standard InChI is InChI=1S/C20H19F3N2O/c21-20(22,23)19-11-18(6-5-17(19)12-24)25-9-7-16(8-10-25)15-3-1-14(13-26)2-4-15/h1-6,11,16,26H,7-10,13H2. The quantitative estimate of drug-likeness (QED) is 0.879. The lowest BCUT2D eigenvalue weighted by molar-refractivity contribution is -0.137. The first-order valence-electron chi connectivity index (χ1n) is 8.48. The number of benzene rings is 2. The van der Waals surface area contributed by atoms with E-state index in [-0.39, 0.29) is 12.2 Å². The largest absolute Gasteiger partial charge is 0.417 e. The first kappa shape index (κ1) is 18.3. The van der Waals surface area contributed by atoms with Crippen molar-refractivity contribution in [2.75, 3.05) is 18.0 Å². The first-order chi connectivity index (χ1) is 12.4. The molecule has 1 aliphatic heterocycles. The van der Waals surface area contributed by atoms with Gasteiger partial charge in [-0.25, -0.2) is 0 Å². The molecule has 0 aliphatic carbocycles. The van der Waals surface area contributed by atoms with Gasteiger partial charge in [0.2, 0.25) is 0 Å². The second kappa shape index (κ2) is 7.38. The van der Waals surface area contributed by atoms with Gasteiger partial charge in [-0.15, -0.1) is 0 Å². The topological polar surface area (TPSA) is 47.3 Å². The van der Waals surface area contributed by atoms with E-state index >= 15 is 0 Å². The summed E-state index contributed by atoms with van der Waals surface area (Å²) < 4.78 is 39.4. The summed E-state index contributed by atoms with van der Waals surface area (Å²) in [6.45, 7) is 1.34. The van der Waals surface area contributed by atoms with E-state index in [2.05, 4.69) is 0 Å². The summed E-state index contributed by atoms with van der Waals surface area (Å²) in [6, 6.07) is 13.3. The van der Waals surface area contributed by atoms with Crippen LogP contribution in [0, 0.1) is 11.3 Å². The summed E-state index contributed by atoms with van der Waals surface area (Å²) in [5.41, 5.74) is 1.34. The van der Waals surface area contributed by atoms with Crippen LogP contribution in [-0.4, -0.2) is 18.2 Å². The van der Waals surface area contributed by atoms with Crippen LogP contribution in [0.1, 0.15) is 41.0 Å². The third-order valence-corrected chi connectivity index (χ3v) is 4.92. The van der Waals surface area contributed by atoms with Crippen molar-refractivity contribution in [3.05, 3.63) is 64.7 Å². The number of piperidine rings is 1. The number of hydrogen-bond acceptors (Lipinski definition) is 3. The predicted molar refractivity (Wildman–Crippen MR) is 92.7 cm³/mol. The normalized spacial score (nSPS) is 15.7. The van der Waals surface area contributed by atoms with Crippen LogP contribution in [0.25, 0.3) is 0 Å². The molecule has 1 heterocycles. The molecule has 1 saturated heterocycles. The number of aliphatic hydroxyl groups is 1. The van der Waals surface area contributed by atoms with Crippen molar-refractivity contribution < 1.29 is 18.3 Å². The minimum atomic E-state index is -4.53. The Kier molecular flexibility index (Phi) is 5.19. The molecule has 2 aromatic carbocycles. The Morgan fingerprint density at radius 3 is 2.27 bits per heavy atom. The lowest BCUT2D eigenvalue weighted by Gasteiger charge is -2.34. The van der Waals surface area contributed by atoms with Crippen molar-refractivity contribution in [3.8, 4) is 6.07 Å². The highest BCUT2D eigenvalue weighted by Gasteiger charge is 2.34. The molecule has 26 heavy (non-hydrogen) atoms. The summed E-state index contributed by atoms with van der Waals surface area (Å²) in [5, 5.41) is 18.0. The molecule has 6 heteroatoms. The fourth-order valence-corrected chi connectivity index (χ4v) is 3.43. The van der Waals surface area contributed by atoms with Crippen LogP contribution in [0.5, 0.6) is 0 Å². The van der Waals surface area contributed by atoms with Gasteiger partial charge in [0.25, 0.3) is 0 Å². The highest BCUT2D eigenvalue weighted by molar-refractivity contribution is 5.55. The number of nitrogens with zero attached hydrogens (tertiary/aromatic N) is 2. The summed E-state index contributed by atoms with van der Waals surface area (Å²) >= 11 is 0. The van der Waals surface area contributed by atoms with E-state index in [4.69, 9.17) is 10.4 Å². The van der Waals surface area contributed by atoms with Crippen molar-refractivity contribution in [2.24, 2.45) is 0 Å². The highest BCUT2D eigenvalue weighted by atomic mass is 19.4. The molecule has 0 aromatic heterocycles. The molecule has 0 unspecified atom stereocenters. The molecule has 0 saturated carbocycles. The maximum atomic E-state index is 13.1. The molecular formula is C20H19F3N2O. The molecule has 0 radical (unpaired) electrons. The van der Waals surface area contributed by atoms with Crippen LogP contribution in [0.2, 0.25) is 0 Å². The number of aliphatic hydroxyl groups excluding tert-OH is 1. The lowest BCUT2D eigenvalue weighted by atomic mass is 9.88. The van der Waals surface area contributed by atoms with Crippen molar-refractivity contribution in [1.29, 1.82) is 5.26 Å². The van der Waals surface area contributed by atoms with Crippen molar-refractivity contribution in [3.63, 3.8) is 0 Å². The maximum absolute atomic E-state index is 13.1. The van der Waals surface area contributed by atoms with Gasteiger partial charge in [-0.05, 0) is 48.1 Å². The van der Waals surface area contributed by atoms with Gasteiger partial charge in [-0.1, -0.05) is 24.3 Å². The number of halogens is 3. The Labute approximate surface area is 150 Å². The monoisotopic (exact) mass is 360 g/mol. The first-order valence-corrected chi connectivity index (χ1v) is 8.48. The number of nitriles is 1. The molecule has 0 atom stereocenters. The Hall–Kier alpha value is -2.52. The highest BCUT2D eigenvalue weighted by Crippen LogP contribution is 2.36. The maximum Gasteiger partial charge on any atom is 0.417 e. The molecule has 3 rings (SSSR count). The fourth-order valence-electron chi connectivity index (χ4n) is 3.43. The molecule has 3 nitrogen and oxygen atoms in total. The van der Waals surface area contributed by atoms with Gasteiger partial charge in [0.1, 0.15) is 0 Å². The zero-order valence-electron chi connectivity index (χ0n) is 14.1. The van der Waals surface area contributed by atoms with Crippen LogP contribution < -0.4 is 4.90 Å². The van der Waals surface area contributed by atoms with Crippen LogP contribution in [-0.2, 0) is 12.8 Å². The number of rotatable bonds is 3. The van der Waals surface area contributed by atoms with E-state index in [1.54, 1.807) is 12.1 Å². The molecule has 136 valence electrons. The van der Waals surface area contributed by atoms with Gasteiger partial charge in [-0.3, -0.25) is 0 Å². The van der Waals surface area contributed by atoms with Crippen molar-refractivity contribution >= 4 is 5.69 Å². The van der Waals surface area contributed by atoms with Crippen LogP contribution in [0.4, 0.5) is 18.9 Å². The molecule has 1 fully saturated rings. The second-order valence-electron chi connectivity index (χ2n) is 6.50. The summed E-state index contributed by atoms with van der Waals surface area (Å²) in [6.07, 6.45) is -2.84. The molecular weight excluding hydrogens is 341 g/mol. The zero-order valence-corrected chi connectivity index (χ0v) is 14.1. The summed E-state index contributed by atoms with van der Waals surface area (Å²) in [4.78, 5) is 1.94. The average Bonchev–Trinajstić information content (AvgIpc) is 2.67. The van der Waals surface area contributed by atoms with Gasteiger partial charge >= 0.3 is 6.18 Å². The minimum Gasteiger partial charge on any atom is -0.392 e. The van der Waals surface area contributed by atoms with Gasteiger partial charge in [0.15, 0.2) is 0 Å². The molecule has 2 aromatic rings. The van der Waals surface area contributed by atoms with Crippen LogP contribution in [0.15, 0.2) is 42.5 Å². The predicted octanol–water partition coefficient (Wildman–Crippen LogP) is 4.45. The Bertz CT molecular complexity index is 801. The Morgan fingerprint density at radius 2 is 1.73 bits per heavy atom. The van der Waals surface area contributed by atoms with Gasteiger partial charge < -0.3 is 10.0 Å². The Morgan fingerprint density at radius 1 is 1.08 bits per heavy atom. The summed E-state index contributed by atoms with van der Waals surface area (Å²) in [7, 11) is 0. The smallest absolute Gasteiger partial charge is 0.392 e. The fraction of sp³-hybridized carbons (Fsp3) is 0.350. The van der Waals surface area contributed by atoms with E-state index in [1.165, 1.54) is 11.6 Å². The van der Waals surface area contributed by atoms with E-state index in [0.29, 0.717) is 24.7 Å². The van der Waals surface area contributed by atoms with Gasteiger partial charge in [0.05, 0.1) is 23.8 Å². The number of anilines is 1. The van der Waals surface area contributed by atoms with E-state index in [0.717, 1.165) is 24.5 Å². The minimum absolute atomic E-state index is 0.0129. The second-order valence-corrected chi connectivity index (χ2v) is 6.50. The molecule has 0 spiro atoms. The molecule has 0 bridgehead atoms. The third kappa shape index (κ3) is 3.83. The van der Waals surface area contributed by atoms with Crippen LogP contribution >= 0.6 is 0 Å². The van der Waals surface area contributed by atoms with Crippen LogP contribution in [0.3, 0.4) is 0 Å². The summed E-state index contributed by atoms with van der Waals surface area (Å²) in [5.74, 6) is 0.361. The Balaban J connectivity index is 1.72. The van der Waals surface area contributed by atoms with E-state index < -0.39 is 11.7 Å². The molecule has 1 N–H and O–H groups in total. The van der Waals surface area contributed by atoms with E-state index in [9.17, 15) is 13.2 Å². The zero-order chi connectivity index (χ0) is 18.7. The lowest BCUT2D eigenvalue weighted by Crippen LogP contribution is -2.33. The SMILES string of the molecule is N#Cc1ccc(N2CCC(c3ccc(CO)cc3)CC2)cc1C(F)(F)F. The molecule has 1 aliphatic rings. The van der Waals surface area contributed by atoms with Crippen molar-refractivity contribution in [2.45, 2.75) is 31.5 Å². The third-order valence-electron chi connectivity index (χ3n) is 4.92. The van der Waals surface area contributed by atoms with Gasteiger partial charge in [-0.2, -0.15) is 18.4 Å². The van der Waals surface area contributed by atoms with E-state index in [1.807, 2.05) is 29.2 Å².